The summed E-state index contributed by atoms with van der Waals surface area (Å²) >= 11 is 12.0. The van der Waals surface area contributed by atoms with E-state index in [9.17, 15) is 4.39 Å². The summed E-state index contributed by atoms with van der Waals surface area (Å²) in [5, 5.41) is 1.19. The highest BCUT2D eigenvalue weighted by Gasteiger charge is 2.11. The third-order valence-electron chi connectivity index (χ3n) is 3.21. The average molecular weight is 328 g/mol. The Labute approximate surface area is 133 Å². The summed E-state index contributed by atoms with van der Waals surface area (Å²) in [7, 11) is 1.44. The summed E-state index contributed by atoms with van der Waals surface area (Å²) in [6, 6.07) is 10.0. The molecule has 0 radical (unpaired) electrons. The lowest BCUT2D eigenvalue weighted by atomic mass is 9.99. The fourth-order valence-corrected chi connectivity index (χ4v) is 2.67. The van der Waals surface area contributed by atoms with Gasteiger partial charge in [0.2, 0.25) is 0 Å². The molecule has 1 unspecified atom stereocenters. The van der Waals surface area contributed by atoms with Gasteiger partial charge in [-0.25, -0.2) is 4.39 Å². The molecule has 0 saturated carbocycles. The van der Waals surface area contributed by atoms with Crippen LogP contribution in [0.5, 0.6) is 5.75 Å². The van der Waals surface area contributed by atoms with Gasteiger partial charge in [0.05, 0.1) is 7.11 Å². The lowest BCUT2D eigenvalue weighted by Gasteiger charge is -2.14. The summed E-state index contributed by atoms with van der Waals surface area (Å²) in [5.74, 6) is -0.153. The maximum absolute atomic E-state index is 13.6. The maximum Gasteiger partial charge on any atom is 0.165 e. The van der Waals surface area contributed by atoms with E-state index in [2.05, 4.69) is 0 Å². The van der Waals surface area contributed by atoms with E-state index in [0.717, 1.165) is 11.1 Å². The minimum absolute atomic E-state index is 0.156. The Morgan fingerprint density at radius 1 is 1.14 bits per heavy atom. The van der Waals surface area contributed by atoms with Crippen molar-refractivity contribution >= 4 is 23.2 Å². The molecule has 0 aliphatic carbocycles. The molecule has 0 aliphatic heterocycles. The lowest BCUT2D eigenvalue weighted by Crippen LogP contribution is -2.25. The van der Waals surface area contributed by atoms with Crippen LogP contribution in [0.4, 0.5) is 4.39 Å². The van der Waals surface area contributed by atoms with E-state index in [4.69, 9.17) is 33.7 Å². The van der Waals surface area contributed by atoms with E-state index in [-0.39, 0.29) is 17.6 Å². The number of halogens is 3. The van der Waals surface area contributed by atoms with Crippen molar-refractivity contribution in [1.82, 2.24) is 0 Å². The van der Waals surface area contributed by atoms with E-state index in [0.29, 0.717) is 22.9 Å². The van der Waals surface area contributed by atoms with Crippen LogP contribution in [0, 0.1) is 5.82 Å². The quantitative estimate of drug-likeness (QED) is 0.890. The number of hydrogen-bond acceptors (Lipinski definition) is 2. The summed E-state index contributed by atoms with van der Waals surface area (Å²) in [4.78, 5) is 0. The van der Waals surface area contributed by atoms with Gasteiger partial charge >= 0.3 is 0 Å². The van der Waals surface area contributed by atoms with Crippen LogP contribution in [0.25, 0.3) is 0 Å². The van der Waals surface area contributed by atoms with Gasteiger partial charge in [-0.3, -0.25) is 0 Å². The van der Waals surface area contributed by atoms with Gasteiger partial charge in [-0.15, -0.1) is 0 Å². The monoisotopic (exact) mass is 327 g/mol. The second-order valence-electron chi connectivity index (χ2n) is 4.87. The van der Waals surface area contributed by atoms with Crippen LogP contribution >= 0.6 is 23.2 Å². The van der Waals surface area contributed by atoms with Crippen LogP contribution in [0.15, 0.2) is 36.4 Å². The molecule has 0 saturated heterocycles. The van der Waals surface area contributed by atoms with E-state index in [1.54, 1.807) is 18.2 Å². The van der Waals surface area contributed by atoms with Crippen molar-refractivity contribution < 1.29 is 9.13 Å². The first-order valence-corrected chi connectivity index (χ1v) is 7.27. The fraction of sp³-hybridized carbons (Fsp3) is 0.250. The topological polar surface area (TPSA) is 35.2 Å². The molecule has 2 nitrogen and oxygen atoms in total. The molecule has 0 heterocycles. The Bertz CT molecular complexity index is 634. The number of benzene rings is 2. The van der Waals surface area contributed by atoms with E-state index in [1.165, 1.54) is 13.2 Å². The second-order valence-corrected chi connectivity index (χ2v) is 5.72. The van der Waals surface area contributed by atoms with Crippen molar-refractivity contribution in [2.45, 2.75) is 18.9 Å². The first kappa shape index (κ1) is 16.1. The van der Waals surface area contributed by atoms with E-state index in [1.807, 2.05) is 12.1 Å². The predicted octanol–water partition coefficient (Wildman–Crippen LogP) is 4.25. The number of rotatable bonds is 5. The van der Waals surface area contributed by atoms with Gasteiger partial charge < -0.3 is 10.5 Å². The summed E-state index contributed by atoms with van der Waals surface area (Å²) in [6.07, 6.45) is 1.16. The van der Waals surface area contributed by atoms with Crippen LogP contribution in [-0.4, -0.2) is 13.2 Å². The molecule has 2 aromatic carbocycles. The Balaban J connectivity index is 2.04. The standard InChI is InChI=1S/C16H16Cl2FNO/c1-21-16-5-2-10(7-15(16)19)6-13(20)8-11-3-4-12(17)9-14(11)18/h2-5,7,9,13H,6,8,20H2,1H3. The van der Waals surface area contributed by atoms with Crippen molar-refractivity contribution in [2.75, 3.05) is 7.11 Å². The zero-order valence-electron chi connectivity index (χ0n) is 11.6. The van der Waals surface area contributed by atoms with Crippen LogP contribution < -0.4 is 10.5 Å². The lowest BCUT2D eigenvalue weighted by molar-refractivity contribution is 0.386. The molecule has 0 amide bonds. The van der Waals surface area contributed by atoms with Gasteiger partial charge in [0.1, 0.15) is 0 Å². The fourth-order valence-electron chi connectivity index (χ4n) is 2.18. The van der Waals surface area contributed by atoms with Crippen LogP contribution in [-0.2, 0) is 12.8 Å². The number of methoxy groups -OCH3 is 1. The number of ether oxygens (including phenoxy) is 1. The maximum atomic E-state index is 13.6. The van der Waals surface area contributed by atoms with Crippen molar-refractivity contribution in [3.63, 3.8) is 0 Å². The first-order chi connectivity index (χ1) is 9.99. The second kappa shape index (κ2) is 7.12. The number of hydrogen-bond donors (Lipinski definition) is 1. The molecule has 112 valence electrons. The molecule has 21 heavy (non-hydrogen) atoms. The Hall–Kier alpha value is -1.29. The third-order valence-corrected chi connectivity index (χ3v) is 3.80. The molecule has 2 N–H and O–H groups in total. The van der Waals surface area contributed by atoms with Crippen molar-refractivity contribution in [3.8, 4) is 5.75 Å². The van der Waals surface area contributed by atoms with Crippen LogP contribution in [0.2, 0.25) is 10.0 Å². The minimum atomic E-state index is -0.383. The molecule has 2 aromatic rings. The largest absolute Gasteiger partial charge is 0.494 e. The van der Waals surface area contributed by atoms with Crippen LogP contribution in [0.1, 0.15) is 11.1 Å². The van der Waals surface area contributed by atoms with Gasteiger partial charge in [-0.05, 0) is 48.2 Å². The molecule has 0 aromatic heterocycles. The van der Waals surface area contributed by atoms with Gasteiger partial charge in [0, 0.05) is 16.1 Å². The smallest absolute Gasteiger partial charge is 0.165 e. The minimum Gasteiger partial charge on any atom is -0.494 e. The Kier molecular flexibility index (Phi) is 5.45. The highest BCUT2D eigenvalue weighted by atomic mass is 35.5. The summed E-state index contributed by atoms with van der Waals surface area (Å²) in [6.45, 7) is 0. The molecule has 0 spiro atoms. The molecule has 5 heteroatoms. The van der Waals surface area contributed by atoms with Gasteiger partial charge in [0.15, 0.2) is 11.6 Å². The molecular weight excluding hydrogens is 312 g/mol. The molecule has 2 rings (SSSR count). The molecule has 0 aliphatic rings. The van der Waals surface area contributed by atoms with E-state index < -0.39 is 0 Å². The Morgan fingerprint density at radius 2 is 1.90 bits per heavy atom. The van der Waals surface area contributed by atoms with Crippen molar-refractivity contribution in [3.05, 3.63) is 63.4 Å². The third kappa shape index (κ3) is 4.34. The summed E-state index contributed by atoms with van der Waals surface area (Å²) in [5.41, 5.74) is 7.88. The van der Waals surface area contributed by atoms with Gasteiger partial charge in [0.25, 0.3) is 0 Å². The van der Waals surface area contributed by atoms with E-state index >= 15 is 0 Å². The number of nitrogens with two attached hydrogens (primary N) is 1. The van der Waals surface area contributed by atoms with Crippen molar-refractivity contribution in [1.29, 1.82) is 0 Å². The highest BCUT2D eigenvalue weighted by molar-refractivity contribution is 6.35. The van der Waals surface area contributed by atoms with Crippen molar-refractivity contribution in [2.24, 2.45) is 5.73 Å². The first-order valence-electron chi connectivity index (χ1n) is 6.51. The molecule has 1 atom stereocenters. The summed E-state index contributed by atoms with van der Waals surface area (Å²) < 4.78 is 18.5. The van der Waals surface area contributed by atoms with Gasteiger partial charge in [-0.2, -0.15) is 0 Å². The predicted molar refractivity (Wildman–Crippen MR) is 84.8 cm³/mol. The average Bonchev–Trinajstić information content (AvgIpc) is 2.42. The normalized spacial score (nSPS) is 12.2. The molecule has 0 fully saturated rings. The Morgan fingerprint density at radius 3 is 2.52 bits per heavy atom. The highest BCUT2D eigenvalue weighted by Crippen LogP contribution is 2.23. The zero-order valence-corrected chi connectivity index (χ0v) is 13.1. The molecule has 0 bridgehead atoms. The van der Waals surface area contributed by atoms with Gasteiger partial charge in [-0.1, -0.05) is 35.3 Å². The SMILES string of the molecule is COc1ccc(CC(N)Cc2ccc(Cl)cc2Cl)cc1F. The zero-order chi connectivity index (χ0) is 15.4. The molecular formula is C16H16Cl2FNO. The van der Waals surface area contributed by atoms with Crippen LogP contribution in [0.3, 0.4) is 0 Å².